The summed E-state index contributed by atoms with van der Waals surface area (Å²) in [5.41, 5.74) is 1.02. The zero-order chi connectivity index (χ0) is 11.1. The van der Waals surface area contributed by atoms with Crippen molar-refractivity contribution in [1.29, 1.82) is 15.8 Å². The number of nitrogens with zero attached hydrogens (tertiary/aromatic N) is 3. The van der Waals surface area contributed by atoms with Crippen molar-refractivity contribution >= 4 is 0 Å². The number of nitriles is 3. The van der Waals surface area contributed by atoms with Crippen molar-refractivity contribution in [3.05, 3.63) is 47.0 Å². The fraction of sp³-hybridized carbons (Fsp3) is 0.0833. The fourth-order valence-electron chi connectivity index (χ4n) is 1.14. The SMILES string of the molecule is N#CC(C#N)=C(C#N)Cc1ccccc1. The van der Waals surface area contributed by atoms with Crippen molar-refractivity contribution in [2.24, 2.45) is 0 Å². The summed E-state index contributed by atoms with van der Waals surface area (Å²) in [5, 5.41) is 26.1. The molecule has 0 saturated carbocycles. The molecule has 1 aromatic carbocycles. The highest BCUT2D eigenvalue weighted by Crippen LogP contribution is 2.10. The largest absolute Gasteiger partial charge is 0.193 e. The highest BCUT2D eigenvalue weighted by molar-refractivity contribution is 5.47. The smallest absolute Gasteiger partial charge is 0.143 e. The van der Waals surface area contributed by atoms with E-state index in [0.717, 1.165) is 5.56 Å². The van der Waals surface area contributed by atoms with E-state index in [1.165, 1.54) is 0 Å². The molecule has 1 aromatic rings. The second kappa shape index (κ2) is 5.22. The van der Waals surface area contributed by atoms with Gasteiger partial charge in [0.1, 0.15) is 17.7 Å². The summed E-state index contributed by atoms with van der Waals surface area (Å²) < 4.78 is 0. The number of rotatable bonds is 2. The zero-order valence-electron chi connectivity index (χ0n) is 7.94. The number of allylic oxidation sites excluding steroid dienone is 2. The standard InChI is InChI=1S/C12H7N3/c13-7-11(12(8-14)9-15)6-10-4-2-1-3-5-10/h1-5H,6H2. The van der Waals surface area contributed by atoms with Crippen LogP contribution in [0.1, 0.15) is 5.56 Å². The molecule has 0 spiro atoms. The van der Waals surface area contributed by atoms with Crippen LogP contribution in [0, 0.1) is 34.0 Å². The lowest BCUT2D eigenvalue weighted by atomic mass is 10.0. The Morgan fingerprint density at radius 3 is 2.00 bits per heavy atom. The van der Waals surface area contributed by atoms with Crippen molar-refractivity contribution in [3.8, 4) is 18.2 Å². The van der Waals surface area contributed by atoms with E-state index in [1.54, 1.807) is 12.1 Å². The van der Waals surface area contributed by atoms with Gasteiger partial charge in [-0.2, -0.15) is 15.8 Å². The van der Waals surface area contributed by atoms with Gasteiger partial charge in [-0.25, -0.2) is 0 Å². The molecule has 0 bridgehead atoms. The molecule has 70 valence electrons. The lowest BCUT2D eigenvalue weighted by Crippen LogP contribution is -1.91. The molecule has 3 nitrogen and oxygen atoms in total. The van der Waals surface area contributed by atoms with E-state index in [0.29, 0.717) is 6.42 Å². The molecule has 0 saturated heterocycles. The molecule has 0 aliphatic carbocycles. The molecule has 0 amide bonds. The lowest BCUT2D eigenvalue weighted by molar-refractivity contribution is 1.18. The third kappa shape index (κ3) is 2.69. The van der Waals surface area contributed by atoms with Gasteiger partial charge in [0, 0.05) is 6.42 Å². The van der Waals surface area contributed by atoms with Gasteiger partial charge < -0.3 is 0 Å². The Hall–Kier alpha value is -2.57. The van der Waals surface area contributed by atoms with Gasteiger partial charge in [-0.05, 0) is 5.56 Å². The third-order valence-corrected chi connectivity index (χ3v) is 1.88. The number of hydrogen-bond acceptors (Lipinski definition) is 3. The second-order valence-electron chi connectivity index (χ2n) is 2.85. The number of hydrogen-bond donors (Lipinski definition) is 0. The monoisotopic (exact) mass is 193 g/mol. The first-order chi connectivity index (χ1) is 7.31. The Labute approximate surface area is 88.1 Å². The second-order valence-corrected chi connectivity index (χ2v) is 2.85. The van der Waals surface area contributed by atoms with Crippen LogP contribution in [-0.4, -0.2) is 0 Å². The van der Waals surface area contributed by atoms with Crippen LogP contribution < -0.4 is 0 Å². The van der Waals surface area contributed by atoms with Crippen molar-refractivity contribution in [2.75, 3.05) is 0 Å². The van der Waals surface area contributed by atoms with Crippen LogP contribution in [-0.2, 0) is 6.42 Å². The molecule has 0 aromatic heterocycles. The van der Waals surface area contributed by atoms with Crippen molar-refractivity contribution in [2.45, 2.75) is 6.42 Å². The average molecular weight is 193 g/mol. The Balaban J connectivity index is 3.02. The molecule has 0 N–H and O–H groups in total. The molecule has 0 heterocycles. The molecule has 0 radical (unpaired) electrons. The summed E-state index contributed by atoms with van der Waals surface area (Å²) in [6.45, 7) is 0. The highest BCUT2D eigenvalue weighted by atomic mass is 14.3. The molecule has 15 heavy (non-hydrogen) atoms. The maximum Gasteiger partial charge on any atom is 0.143 e. The van der Waals surface area contributed by atoms with Crippen LogP contribution in [0.15, 0.2) is 41.5 Å². The van der Waals surface area contributed by atoms with Crippen molar-refractivity contribution in [1.82, 2.24) is 0 Å². The van der Waals surface area contributed by atoms with Gasteiger partial charge in [0.15, 0.2) is 0 Å². The predicted molar refractivity (Wildman–Crippen MR) is 54.0 cm³/mol. The molecule has 0 fully saturated rings. The van der Waals surface area contributed by atoms with Gasteiger partial charge in [-0.1, -0.05) is 30.3 Å². The Kier molecular flexibility index (Phi) is 3.66. The summed E-state index contributed by atoms with van der Waals surface area (Å²) in [7, 11) is 0. The van der Waals surface area contributed by atoms with E-state index in [-0.39, 0.29) is 11.1 Å². The first kappa shape index (κ1) is 10.5. The van der Waals surface area contributed by atoms with Gasteiger partial charge in [-0.3, -0.25) is 0 Å². The summed E-state index contributed by atoms with van der Waals surface area (Å²) in [6, 6.07) is 14.6. The quantitative estimate of drug-likeness (QED) is 0.675. The van der Waals surface area contributed by atoms with Crippen LogP contribution in [0.3, 0.4) is 0 Å². The van der Waals surface area contributed by atoms with Gasteiger partial charge in [0.2, 0.25) is 0 Å². The van der Waals surface area contributed by atoms with Gasteiger partial charge in [0.05, 0.1) is 11.6 Å². The summed E-state index contributed by atoms with van der Waals surface area (Å²) in [5.74, 6) is 0. The first-order valence-electron chi connectivity index (χ1n) is 4.29. The van der Waals surface area contributed by atoms with Crippen molar-refractivity contribution < 1.29 is 0 Å². The van der Waals surface area contributed by atoms with Crippen LogP contribution in [0.5, 0.6) is 0 Å². The maximum atomic E-state index is 8.81. The van der Waals surface area contributed by atoms with E-state index in [2.05, 4.69) is 0 Å². The average Bonchev–Trinajstić information content (AvgIpc) is 2.30. The van der Waals surface area contributed by atoms with Gasteiger partial charge >= 0.3 is 0 Å². The van der Waals surface area contributed by atoms with Crippen LogP contribution in [0.25, 0.3) is 0 Å². The summed E-state index contributed by atoms with van der Waals surface area (Å²) in [6.07, 6.45) is 0.327. The summed E-state index contributed by atoms with van der Waals surface area (Å²) >= 11 is 0. The van der Waals surface area contributed by atoms with Crippen LogP contribution in [0.2, 0.25) is 0 Å². The minimum atomic E-state index is -0.110. The van der Waals surface area contributed by atoms with E-state index in [1.807, 2.05) is 36.4 Å². The molecule has 0 atom stereocenters. The third-order valence-electron chi connectivity index (χ3n) is 1.88. The first-order valence-corrected chi connectivity index (χ1v) is 4.29. The minimum Gasteiger partial charge on any atom is -0.193 e. The molecular weight excluding hydrogens is 186 g/mol. The zero-order valence-corrected chi connectivity index (χ0v) is 7.94. The fourth-order valence-corrected chi connectivity index (χ4v) is 1.14. The Morgan fingerprint density at radius 2 is 1.53 bits per heavy atom. The molecule has 1 rings (SSSR count). The lowest BCUT2D eigenvalue weighted by Gasteiger charge is -1.98. The maximum absolute atomic E-state index is 8.81. The molecule has 0 aliphatic heterocycles. The predicted octanol–water partition coefficient (Wildman–Crippen LogP) is 2.10. The molecule has 3 heteroatoms. The van der Waals surface area contributed by atoms with E-state index in [9.17, 15) is 0 Å². The molecular formula is C12H7N3. The highest BCUT2D eigenvalue weighted by Gasteiger charge is 2.05. The topological polar surface area (TPSA) is 71.4 Å². The number of benzene rings is 1. The van der Waals surface area contributed by atoms with Crippen LogP contribution in [0.4, 0.5) is 0 Å². The summed E-state index contributed by atoms with van der Waals surface area (Å²) in [4.78, 5) is 0. The van der Waals surface area contributed by atoms with Crippen LogP contribution >= 0.6 is 0 Å². The Bertz CT molecular complexity index is 476. The molecule has 0 unspecified atom stereocenters. The normalized spacial score (nSPS) is 8.07. The van der Waals surface area contributed by atoms with Gasteiger partial charge in [0.25, 0.3) is 0 Å². The van der Waals surface area contributed by atoms with Crippen molar-refractivity contribution in [3.63, 3.8) is 0 Å². The minimum absolute atomic E-state index is 0.110. The van der Waals surface area contributed by atoms with Gasteiger partial charge in [-0.15, -0.1) is 0 Å². The van der Waals surface area contributed by atoms with E-state index >= 15 is 0 Å². The molecule has 0 aliphatic rings. The van der Waals surface area contributed by atoms with E-state index < -0.39 is 0 Å². The Morgan fingerprint density at radius 1 is 0.933 bits per heavy atom. The van der Waals surface area contributed by atoms with E-state index in [4.69, 9.17) is 15.8 Å².